The number of benzene rings is 3. The molecule has 0 bridgehead atoms. The maximum absolute atomic E-state index is 13.9. The molecular weight excluding hydrogens is 451 g/mol. The van der Waals surface area contributed by atoms with Crippen molar-refractivity contribution in [3.05, 3.63) is 124 Å². The summed E-state index contributed by atoms with van der Waals surface area (Å²) in [4.78, 5) is 33.8. The lowest BCUT2D eigenvalue weighted by atomic mass is 10.1. The van der Waals surface area contributed by atoms with Crippen LogP contribution in [0.4, 0.5) is 21.7 Å². The highest BCUT2D eigenvalue weighted by Crippen LogP contribution is 2.33. The van der Waals surface area contributed by atoms with Crippen LogP contribution in [0, 0.1) is 15.9 Å². The van der Waals surface area contributed by atoms with Gasteiger partial charge in [0.25, 0.3) is 5.91 Å². The number of nitro groups is 1. The van der Waals surface area contributed by atoms with E-state index in [-0.39, 0.29) is 17.2 Å². The molecule has 0 aliphatic heterocycles. The van der Waals surface area contributed by atoms with Gasteiger partial charge >= 0.3 is 5.69 Å². The van der Waals surface area contributed by atoms with Crippen molar-refractivity contribution in [1.82, 2.24) is 15.4 Å². The first kappa shape index (κ1) is 23.3. The van der Waals surface area contributed by atoms with E-state index in [4.69, 9.17) is 0 Å². The van der Waals surface area contributed by atoms with Gasteiger partial charge < -0.3 is 4.90 Å². The minimum Gasteiger partial charge on any atom is -0.342 e. The summed E-state index contributed by atoms with van der Waals surface area (Å²) in [6.07, 6.45) is 1.17. The molecule has 0 aliphatic rings. The average molecular weight is 472 g/mol. The van der Waals surface area contributed by atoms with Crippen molar-refractivity contribution in [2.75, 3.05) is 10.3 Å². The molecule has 35 heavy (non-hydrogen) atoms. The first-order valence-corrected chi connectivity index (χ1v) is 10.7. The molecule has 0 saturated heterocycles. The van der Waals surface area contributed by atoms with Crippen molar-refractivity contribution in [3.8, 4) is 0 Å². The maximum atomic E-state index is 13.9. The smallest absolute Gasteiger partial charge is 0.342 e. The topological polar surface area (TPSA) is 113 Å². The Hall–Kier alpha value is -4.86. The van der Waals surface area contributed by atoms with Gasteiger partial charge in [0.1, 0.15) is 12.1 Å². The number of anilines is 2. The van der Waals surface area contributed by atoms with E-state index in [0.717, 1.165) is 17.2 Å². The Morgan fingerprint density at radius 1 is 0.886 bits per heavy atom. The van der Waals surface area contributed by atoms with E-state index in [2.05, 4.69) is 20.8 Å². The number of nitrogens with one attached hydrogen (secondary N) is 2. The van der Waals surface area contributed by atoms with Gasteiger partial charge in [0, 0.05) is 13.1 Å². The normalized spacial score (nSPS) is 10.4. The number of hydrogen-bond donors (Lipinski definition) is 2. The second-order valence-electron chi connectivity index (χ2n) is 7.54. The molecule has 0 atom stereocenters. The van der Waals surface area contributed by atoms with Crippen LogP contribution in [-0.4, -0.2) is 20.8 Å². The molecule has 10 heteroatoms. The van der Waals surface area contributed by atoms with Crippen LogP contribution in [-0.2, 0) is 13.1 Å². The first-order valence-electron chi connectivity index (χ1n) is 10.7. The highest BCUT2D eigenvalue weighted by molar-refractivity contribution is 5.95. The van der Waals surface area contributed by atoms with Crippen LogP contribution in [0.1, 0.15) is 21.5 Å². The molecule has 0 radical (unpaired) electrons. The molecule has 1 amide bonds. The summed E-state index contributed by atoms with van der Waals surface area (Å²) in [6, 6.07) is 24.4. The van der Waals surface area contributed by atoms with Gasteiger partial charge in [-0.1, -0.05) is 72.8 Å². The molecule has 1 aromatic heterocycles. The van der Waals surface area contributed by atoms with E-state index in [9.17, 15) is 19.3 Å². The molecule has 9 nitrogen and oxygen atoms in total. The number of rotatable bonds is 9. The third-order valence-electron chi connectivity index (χ3n) is 5.13. The molecule has 4 rings (SSSR count). The van der Waals surface area contributed by atoms with Gasteiger partial charge in [0.15, 0.2) is 0 Å². The molecule has 0 fully saturated rings. The van der Waals surface area contributed by atoms with Crippen LogP contribution in [0.5, 0.6) is 0 Å². The van der Waals surface area contributed by atoms with Crippen molar-refractivity contribution < 1.29 is 14.1 Å². The lowest BCUT2D eigenvalue weighted by Gasteiger charge is -2.24. The van der Waals surface area contributed by atoms with Gasteiger partial charge in [-0.15, -0.1) is 0 Å². The number of carbonyl (C=O) groups is 1. The van der Waals surface area contributed by atoms with Gasteiger partial charge in [-0.25, -0.2) is 14.4 Å². The molecule has 1 heterocycles. The zero-order valence-electron chi connectivity index (χ0n) is 18.5. The summed E-state index contributed by atoms with van der Waals surface area (Å²) in [5.74, 6) is -1.68. The summed E-state index contributed by atoms with van der Waals surface area (Å²) in [5.41, 5.74) is 5.95. The fourth-order valence-electron chi connectivity index (χ4n) is 3.50. The van der Waals surface area contributed by atoms with Crippen molar-refractivity contribution >= 4 is 23.2 Å². The molecule has 0 aliphatic carbocycles. The second-order valence-corrected chi connectivity index (χ2v) is 7.54. The van der Waals surface area contributed by atoms with Crippen molar-refractivity contribution in [2.45, 2.75) is 13.1 Å². The van der Waals surface area contributed by atoms with Crippen LogP contribution in [0.2, 0.25) is 0 Å². The summed E-state index contributed by atoms with van der Waals surface area (Å²) in [7, 11) is 0. The van der Waals surface area contributed by atoms with E-state index in [1.54, 1.807) is 4.90 Å². The minimum atomic E-state index is -0.803. The molecule has 0 saturated carbocycles. The lowest BCUT2D eigenvalue weighted by molar-refractivity contribution is -0.383. The Labute approximate surface area is 200 Å². The predicted octanol–water partition coefficient (Wildman–Crippen LogP) is 4.49. The molecule has 3 aromatic carbocycles. The van der Waals surface area contributed by atoms with E-state index in [1.165, 1.54) is 24.5 Å². The fourth-order valence-corrected chi connectivity index (χ4v) is 3.50. The number of aromatic nitrogens is 2. The average Bonchev–Trinajstić information content (AvgIpc) is 2.88. The highest BCUT2D eigenvalue weighted by Gasteiger charge is 2.28. The third kappa shape index (κ3) is 5.74. The quantitative estimate of drug-likeness (QED) is 0.273. The van der Waals surface area contributed by atoms with Gasteiger partial charge in [-0.2, -0.15) is 0 Å². The van der Waals surface area contributed by atoms with Crippen LogP contribution in [0.25, 0.3) is 0 Å². The minimum absolute atomic E-state index is 0.0698. The lowest BCUT2D eigenvalue weighted by Crippen LogP contribution is -2.31. The zero-order chi connectivity index (χ0) is 24.6. The van der Waals surface area contributed by atoms with Gasteiger partial charge in [0.05, 0.1) is 10.5 Å². The standard InChI is InChI=1S/C25H21FN6O3/c26-21-14-8-7-13-20(21)25(33)30-29-23-22(32(34)35)24(28-17-27-23)31(15-18-9-3-1-4-10-18)16-19-11-5-2-6-12-19/h1-14,17H,15-16H2,(H,30,33)(H,27,28,29). The number of carbonyl (C=O) groups excluding carboxylic acids is 1. The van der Waals surface area contributed by atoms with Crippen molar-refractivity contribution in [3.63, 3.8) is 0 Å². The van der Waals surface area contributed by atoms with Crippen molar-refractivity contribution in [2.24, 2.45) is 0 Å². The Morgan fingerprint density at radius 2 is 1.46 bits per heavy atom. The number of halogens is 1. The molecule has 0 unspecified atom stereocenters. The zero-order valence-corrected chi connectivity index (χ0v) is 18.5. The van der Waals surface area contributed by atoms with Crippen LogP contribution in [0.3, 0.4) is 0 Å². The highest BCUT2D eigenvalue weighted by atomic mass is 19.1. The fraction of sp³-hybridized carbons (Fsp3) is 0.0800. The Balaban J connectivity index is 1.66. The first-order chi connectivity index (χ1) is 17.0. The Kier molecular flexibility index (Phi) is 7.22. The monoisotopic (exact) mass is 472 g/mol. The van der Waals surface area contributed by atoms with Gasteiger partial charge in [-0.05, 0) is 23.3 Å². The SMILES string of the molecule is O=C(NNc1ncnc(N(Cc2ccccc2)Cc2ccccc2)c1[N+](=O)[O-])c1ccccc1F. The Morgan fingerprint density at radius 3 is 2.03 bits per heavy atom. The van der Waals surface area contributed by atoms with E-state index < -0.39 is 22.3 Å². The van der Waals surface area contributed by atoms with Crippen LogP contribution < -0.4 is 15.8 Å². The summed E-state index contributed by atoms with van der Waals surface area (Å²) in [6.45, 7) is 0.684. The molecule has 4 aromatic rings. The molecule has 0 spiro atoms. The summed E-state index contributed by atoms with van der Waals surface area (Å²) >= 11 is 0. The van der Waals surface area contributed by atoms with Gasteiger partial charge in [0.2, 0.25) is 11.6 Å². The number of hydrogen-bond acceptors (Lipinski definition) is 7. The maximum Gasteiger partial charge on any atom is 0.355 e. The summed E-state index contributed by atoms with van der Waals surface area (Å²) < 4.78 is 13.9. The number of amides is 1. The molecule has 176 valence electrons. The van der Waals surface area contributed by atoms with Crippen LogP contribution in [0.15, 0.2) is 91.3 Å². The number of hydrazine groups is 1. The van der Waals surface area contributed by atoms with E-state index in [1.807, 2.05) is 60.7 Å². The van der Waals surface area contributed by atoms with Gasteiger partial charge in [-0.3, -0.25) is 25.8 Å². The van der Waals surface area contributed by atoms with E-state index in [0.29, 0.717) is 13.1 Å². The largest absolute Gasteiger partial charge is 0.355 e. The van der Waals surface area contributed by atoms with E-state index >= 15 is 0 Å². The summed E-state index contributed by atoms with van der Waals surface area (Å²) in [5, 5.41) is 12.1. The molecule has 2 N–H and O–H groups in total. The van der Waals surface area contributed by atoms with Crippen LogP contribution >= 0.6 is 0 Å². The number of nitrogens with zero attached hydrogens (tertiary/aromatic N) is 4. The Bertz CT molecular complexity index is 1280. The molecular formula is C25H21FN6O3. The third-order valence-corrected chi connectivity index (χ3v) is 5.13. The van der Waals surface area contributed by atoms with Crippen molar-refractivity contribution in [1.29, 1.82) is 0 Å². The predicted molar refractivity (Wildman–Crippen MR) is 129 cm³/mol. The second kappa shape index (κ2) is 10.8.